The van der Waals surface area contributed by atoms with Gasteiger partial charge >= 0.3 is 25.6 Å². The van der Waals surface area contributed by atoms with E-state index in [-0.39, 0.29) is 47.0 Å². The molecule has 12 nitrogen and oxygen atoms in total. The maximum atomic E-state index is 13.6. The highest BCUT2D eigenvalue weighted by Gasteiger charge is 2.39. The maximum Gasteiger partial charge on any atom is 0.357 e. The van der Waals surface area contributed by atoms with E-state index in [0.717, 1.165) is 20.4 Å². The molecule has 0 spiro atoms. The number of urea groups is 1. The number of methoxy groups -OCH3 is 2. The van der Waals surface area contributed by atoms with Gasteiger partial charge in [-0.05, 0) is 55.3 Å². The van der Waals surface area contributed by atoms with Crippen molar-refractivity contribution in [2.75, 3.05) is 27.4 Å². The molecule has 0 aliphatic heterocycles. The molecule has 1 atom stereocenters. The molecule has 0 aromatic heterocycles. The summed E-state index contributed by atoms with van der Waals surface area (Å²) in [6.45, 7) is 3.14. The Balaban J connectivity index is 2.44. The van der Waals surface area contributed by atoms with Crippen molar-refractivity contribution in [2.24, 2.45) is 4.99 Å². The van der Waals surface area contributed by atoms with Crippen molar-refractivity contribution < 1.29 is 47.7 Å². The third kappa shape index (κ3) is 6.91. The zero-order valence-corrected chi connectivity index (χ0v) is 21.0. The Kier molecular flexibility index (Phi) is 10.2. The summed E-state index contributed by atoms with van der Waals surface area (Å²) in [5.41, 5.74) is 0.0583. The summed E-state index contributed by atoms with van der Waals surface area (Å²) < 4.78 is 33.6. The van der Waals surface area contributed by atoms with E-state index in [2.05, 4.69) is 19.8 Å². The number of rotatable bonds is 10. The number of ether oxygens (including phenoxy) is 2. The van der Waals surface area contributed by atoms with Crippen LogP contribution in [0.4, 0.5) is 4.79 Å². The van der Waals surface area contributed by atoms with Crippen LogP contribution in [-0.4, -0.2) is 61.8 Å². The van der Waals surface area contributed by atoms with Crippen molar-refractivity contribution in [3.05, 3.63) is 58.7 Å². The molecule has 0 bridgehead atoms. The molecule has 0 saturated heterocycles. The average molecular weight is 522 g/mol. The van der Waals surface area contributed by atoms with E-state index in [9.17, 15) is 29.2 Å². The molecule has 0 fully saturated rings. The van der Waals surface area contributed by atoms with Gasteiger partial charge in [0.15, 0.2) is 5.78 Å². The molecular formula is C23H27N2O10P. The lowest BCUT2D eigenvalue weighted by Crippen LogP contribution is -2.28. The molecule has 2 amide bonds. The Hall–Kier alpha value is -3.73. The fourth-order valence-corrected chi connectivity index (χ4v) is 4.97. The number of hydrogen-bond donors (Lipinski definition) is 3. The Morgan fingerprint density at radius 3 is 2.00 bits per heavy atom. The topological polar surface area (TPSA) is 170 Å². The van der Waals surface area contributed by atoms with Crippen LogP contribution in [0.3, 0.4) is 0 Å². The number of nitrogens with one attached hydrogen (secondary N) is 1. The molecule has 0 saturated carbocycles. The Bertz CT molecular complexity index is 1190. The fourth-order valence-electron chi connectivity index (χ4n) is 3.08. The number of aromatic hydroxyl groups is 2. The van der Waals surface area contributed by atoms with Crippen molar-refractivity contribution in [2.45, 2.75) is 19.6 Å². The predicted octanol–water partition coefficient (Wildman–Crippen LogP) is 3.76. The minimum atomic E-state index is -4.04. The van der Waals surface area contributed by atoms with Crippen molar-refractivity contribution >= 4 is 31.8 Å². The van der Waals surface area contributed by atoms with Crippen LogP contribution in [0.25, 0.3) is 0 Å². The highest BCUT2D eigenvalue weighted by atomic mass is 31.2. The first-order valence-electron chi connectivity index (χ1n) is 10.7. The number of aliphatic imine (C=N–C) groups is 1. The number of carbonyl (C=O) groups excluding carboxylic acids is 3. The summed E-state index contributed by atoms with van der Waals surface area (Å²) in [5, 5.41) is 22.3. The van der Waals surface area contributed by atoms with E-state index >= 15 is 0 Å². The summed E-state index contributed by atoms with van der Waals surface area (Å²) in [5.74, 6) is -3.74. The third-order valence-corrected chi connectivity index (χ3v) is 6.99. The summed E-state index contributed by atoms with van der Waals surface area (Å²) in [6.07, 6.45) is 1.11. The summed E-state index contributed by atoms with van der Waals surface area (Å²) in [6, 6.07) is 6.66. The smallest absolute Gasteiger partial charge is 0.357 e. The standard InChI is InChI=1S/C23H27N2O10P/c1-5-34-36(31,35-6-2)20(15-8-10-19(27)17(12-15)22(29)33-4)25-23(30)24-13-14-7-9-18(26)16(11-14)21(28)32-3/h7-13,20,26-27H,5-6H2,1-4H3,(H,25,30). The van der Waals surface area contributed by atoms with Crippen LogP contribution in [-0.2, 0) is 23.1 Å². The van der Waals surface area contributed by atoms with Crippen molar-refractivity contribution in [3.8, 4) is 11.5 Å². The molecule has 13 heteroatoms. The average Bonchev–Trinajstić information content (AvgIpc) is 2.86. The van der Waals surface area contributed by atoms with Gasteiger partial charge in [-0.15, -0.1) is 0 Å². The number of benzene rings is 2. The van der Waals surface area contributed by atoms with Gasteiger partial charge in [-0.2, -0.15) is 0 Å². The molecule has 0 radical (unpaired) electrons. The van der Waals surface area contributed by atoms with Crippen LogP contribution in [0.1, 0.15) is 51.5 Å². The number of phenolic OH excluding ortho intramolecular Hbond substituents is 2. The van der Waals surface area contributed by atoms with Crippen LogP contribution >= 0.6 is 7.60 Å². The van der Waals surface area contributed by atoms with Crippen LogP contribution < -0.4 is 5.32 Å². The molecule has 2 aromatic rings. The van der Waals surface area contributed by atoms with E-state index in [1.54, 1.807) is 13.8 Å². The van der Waals surface area contributed by atoms with Crippen molar-refractivity contribution in [1.29, 1.82) is 0 Å². The first-order chi connectivity index (χ1) is 17.1. The molecule has 0 aliphatic rings. The maximum absolute atomic E-state index is 13.6. The van der Waals surface area contributed by atoms with Gasteiger partial charge in [0.25, 0.3) is 0 Å². The lowest BCUT2D eigenvalue weighted by molar-refractivity contribution is 0.0588. The van der Waals surface area contributed by atoms with Crippen LogP contribution in [0.15, 0.2) is 41.4 Å². The van der Waals surface area contributed by atoms with Gasteiger partial charge in [-0.1, -0.05) is 6.07 Å². The molecule has 2 rings (SSSR count). The van der Waals surface area contributed by atoms with E-state index < -0.39 is 31.3 Å². The predicted molar refractivity (Wildman–Crippen MR) is 129 cm³/mol. The van der Waals surface area contributed by atoms with E-state index in [0.29, 0.717) is 0 Å². The Morgan fingerprint density at radius 2 is 1.47 bits per heavy atom. The normalized spacial score (nSPS) is 12.2. The lowest BCUT2D eigenvalue weighted by Gasteiger charge is -2.27. The Morgan fingerprint density at radius 1 is 0.944 bits per heavy atom. The quantitative estimate of drug-likeness (QED) is 0.237. The number of hydrogen-bond acceptors (Lipinski definition) is 10. The molecular weight excluding hydrogens is 495 g/mol. The van der Waals surface area contributed by atoms with Gasteiger partial charge in [0.1, 0.15) is 22.6 Å². The van der Waals surface area contributed by atoms with Gasteiger partial charge in [0.2, 0.25) is 0 Å². The van der Waals surface area contributed by atoms with E-state index in [1.807, 2.05) is 0 Å². The molecule has 0 heterocycles. The second kappa shape index (κ2) is 12.8. The lowest BCUT2D eigenvalue weighted by atomic mass is 10.1. The zero-order chi connectivity index (χ0) is 26.9. The monoisotopic (exact) mass is 522 g/mol. The van der Waals surface area contributed by atoms with Crippen molar-refractivity contribution in [1.82, 2.24) is 5.32 Å². The molecule has 1 unspecified atom stereocenters. The molecule has 36 heavy (non-hydrogen) atoms. The SMILES string of the molecule is CCOP(=O)(OCC)C(NC(=O)N=Cc1ccc(O)c(C(=O)OC)c1)c1ccc(O)c(C(=O)OC)c1. The minimum absolute atomic E-state index is 0.0152. The minimum Gasteiger partial charge on any atom is -0.507 e. The molecule has 0 aliphatic carbocycles. The summed E-state index contributed by atoms with van der Waals surface area (Å²) in [7, 11) is -1.76. The summed E-state index contributed by atoms with van der Waals surface area (Å²) in [4.78, 5) is 40.3. The highest BCUT2D eigenvalue weighted by Crippen LogP contribution is 2.59. The fraction of sp³-hybridized carbons (Fsp3) is 0.304. The van der Waals surface area contributed by atoms with E-state index in [4.69, 9.17) is 9.05 Å². The van der Waals surface area contributed by atoms with Crippen LogP contribution in [0, 0.1) is 0 Å². The van der Waals surface area contributed by atoms with E-state index in [1.165, 1.54) is 36.4 Å². The van der Waals surface area contributed by atoms with Crippen molar-refractivity contribution in [3.63, 3.8) is 0 Å². The van der Waals surface area contributed by atoms with Gasteiger partial charge in [-0.25, -0.2) is 19.4 Å². The largest absolute Gasteiger partial charge is 0.507 e. The zero-order valence-electron chi connectivity index (χ0n) is 20.1. The van der Waals surface area contributed by atoms with Gasteiger partial charge in [0, 0.05) is 6.21 Å². The van der Waals surface area contributed by atoms with Gasteiger partial charge < -0.3 is 34.1 Å². The highest BCUT2D eigenvalue weighted by molar-refractivity contribution is 7.54. The van der Waals surface area contributed by atoms with Gasteiger partial charge in [0.05, 0.1) is 27.4 Å². The number of nitrogens with zero attached hydrogens (tertiary/aromatic N) is 1. The number of carbonyl (C=O) groups is 3. The Labute approximate surface area is 207 Å². The molecule has 2 aromatic carbocycles. The number of amides is 2. The van der Waals surface area contributed by atoms with Gasteiger partial charge in [-0.3, -0.25) is 4.57 Å². The first-order valence-corrected chi connectivity index (χ1v) is 12.3. The van der Waals surface area contributed by atoms with Crippen LogP contribution in [0.5, 0.6) is 11.5 Å². The van der Waals surface area contributed by atoms with Crippen LogP contribution in [0.2, 0.25) is 0 Å². The first kappa shape index (κ1) is 28.5. The third-order valence-electron chi connectivity index (χ3n) is 4.69. The molecule has 194 valence electrons. The summed E-state index contributed by atoms with van der Waals surface area (Å²) >= 11 is 0. The molecule has 3 N–H and O–H groups in total. The number of esters is 2. The second-order valence-corrected chi connectivity index (χ2v) is 9.13. The second-order valence-electron chi connectivity index (χ2n) is 7.02. The number of phenols is 2.